The molecule has 1 rings (SSSR count). The second-order valence-corrected chi connectivity index (χ2v) is 9.07. The molecule has 1 aliphatic rings. The van der Waals surface area contributed by atoms with Crippen molar-refractivity contribution >= 4 is 33.0 Å². The Hall–Kier alpha value is -0.690. The molecule has 1 aliphatic carbocycles. The maximum Gasteiger partial charge on any atom is 0.241 e. The first-order chi connectivity index (χ1) is 9.07. The molecule has 20 heavy (non-hydrogen) atoms. The molecule has 0 bridgehead atoms. The van der Waals surface area contributed by atoms with Crippen LogP contribution in [0, 0.1) is 5.92 Å². The van der Waals surface area contributed by atoms with E-state index in [1.807, 2.05) is 0 Å². The van der Waals surface area contributed by atoms with E-state index in [4.69, 9.17) is 18.0 Å². The Kier molecular flexibility index (Phi) is 5.54. The van der Waals surface area contributed by atoms with Crippen molar-refractivity contribution in [2.24, 2.45) is 11.7 Å². The number of sulfone groups is 1. The summed E-state index contributed by atoms with van der Waals surface area (Å²) in [6, 6.07) is -0.418. The van der Waals surface area contributed by atoms with Gasteiger partial charge in [-0.2, -0.15) is 0 Å². The molecule has 7 heteroatoms. The highest BCUT2D eigenvalue weighted by molar-refractivity contribution is 7.92. The number of hydrogen-bond donors (Lipinski definition) is 2. The highest BCUT2D eigenvalue weighted by Gasteiger charge is 2.40. The van der Waals surface area contributed by atoms with Gasteiger partial charge in [0.2, 0.25) is 5.91 Å². The Morgan fingerprint density at radius 1 is 1.30 bits per heavy atom. The van der Waals surface area contributed by atoms with E-state index in [0.717, 1.165) is 31.9 Å². The summed E-state index contributed by atoms with van der Waals surface area (Å²) in [5.74, 6) is -0.330. The summed E-state index contributed by atoms with van der Waals surface area (Å²) in [5, 5.41) is 2.75. The van der Waals surface area contributed by atoms with Gasteiger partial charge in [0.05, 0.1) is 11.0 Å². The lowest BCUT2D eigenvalue weighted by atomic mass is 9.83. The Morgan fingerprint density at radius 2 is 1.80 bits per heavy atom. The highest BCUT2D eigenvalue weighted by Crippen LogP contribution is 2.27. The predicted molar refractivity (Wildman–Crippen MR) is 84.2 cm³/mol. The van der Waals surface area contributed by atoms with Gasteiger partial charge in [-0.25, -0.2) is 8.42 Å². The molecular weight excluding hydrogens is 296 g/mol. The lowest BCUT2D eigenvalue weighted by Gasteiger charge is -2.32. The summed E-state index contributed by atoms with van der Waals surface area (Å²) in [4.78, 5) is 12.5. The van der Waals surface area contributed by atoms with Crippen LogP contribution >= 0.6 is 12.2 Å². The molecule has 0 radical (unpaired) electrons. The number of carbonyl (C=O) groups excluding carboxylic acids is 1. The van der Waals surface area contributed by atoms with E-state index in [-0.39, 0.29) is 10.9 Å². The van der Waals surface area contributed by atoms with Gasteiger partial charge in [0.1, 0.15) is 4.75 Å². The van der Waals surface area contributed by atoms with Crippen molar-refractivity contribution in [2.75, 3.05) is 6.26 Å². The molecule has 5 nitrogen and oxygen atoms in total. The van der Waals surface area contributed by atoms with Crippen LogP contribution in [-0.4, -0.2) is 36.4 Å². The fraction of sp³-hybridized carbons (Fsp3) is 0.846. The molecule has 0 aromatic rings. The molecule has 1 saturated carbocycles. The molecule has 1 atom stereocenters. The minimum absolute atomic E-state index is 0.209. The maximum absolute atomic E-state index is 12.3. The Balaban J connectivity index is 2.86. The van der Waals surface area contributed by atoms with Gasteiger partial charge in [-0.05, 0) is 32.6 Å². The molecule has 3 N–H and O–H groups in total. The number of nitrogens with two attached hydrogens (primary N) is 1. The van der Waals surface area contributed by atoms with E-state index < -0.39 is 26.5 Å². The molecule has 0 aromatic carbocycles. The zero-order valence-electron chi connectivity index (χ0n) is 12.3. The van der Waals surface area contributed by atoms with E-state index in [9.17, 15) is 13.2 Å². The van der Waals surface area contributed by atoms with Crippen molar-refractivity contribution in [2.45, 2.75) is 56.7 Å². The summed E-state index contributed by atoms with van der Waals surface area (Å²) < 4.78 is 21.9. The van der Waals surface area contributed by atoms with Crippen LogP contribution in [0.5, 0.6) is 0 Å². The van der Waals surface area contributed by atoms with Gasteiger partial charge in [-0.15, -0.1) is 0 Å². The first kappa shape index (κ1) is 17.4. The first-order valence-electron chi connectivity index (χ1n) is 6.87. The molecule has 0 aromatic heterocycles. The van der Waals surface area contributed by atoms with Gasteiger partial charge in [0.15, 0.2) is 9.84 Å². The molecule has 0 saturated heterocycles. The molecule has 0 spiro atoms. The van der Waals surface area contributed by atoms with Gasteiger partial charge < -0.3 is 11.1 Å². The normalized spacial score (nSPS) is 19.4. The van der Waals surface area contributed by atoms with Crippen molar-refractivity contribution < 1.29 is 13.2 Å². The minimum atomic E-state index is -3.50. The van der Waals surface area contributed by atoms with Crippen LogP contribution in [0.25, 0.3) is 0 Å². The lowest BCUT2D eigenvalue weighted by molar-refractivity contribution is -0.123. The molecular formula is C13H24N2O3S2. The summed E-state index contributed by atoms with van der Waals surface area (Å²) in [7, 11) is -3.50. The molecule has 0 aliphatic heterocycles. The zero-order valence-corrected chi connectivity index (χ0v) is 13.9. The highest BCUT2D eigenvalue weighted by atomic mass is 32.2. The quantitative estimate of drug-likeness (QED) is 0.742. The van der Waals surface area contributed by atoms with Crippen molar-refractivity contribution in [1.82, 2.24) is 5.32 Å². The predicted octanol–water partition coefficient (Wildman–Crippen LogP) is 1.16. The standard InChI is InChI=1S/C13H24N2O3S2/c1-13(2,20(3,17)18)12(16)15-10(11(14)19)9-7-5-4-6-8-9/h9-10H,4-8H2,1-3H3,(H2,14,19)(H,15,16). The Morgan fingerprint density at radius 3 is 2.20 bits per heavy atom. The number of rotatable bonds is 5. The van der Waals surface area contributed by atoms with Crippen LogP contribution in [-0.2, 0) is 14.6 Å². The average molecular weight is 320 g/mol. The van der Waals surface area contributed by atoms with Crippen LogP contribution in [0.1, 0.15) is 46.0 Å². The van der Waals surface area contributed by atoms with Gasteiger partial charge >= 0.3 is 0 Å². The lowest BCUT2D eigenvalue weighted by Crippen LogP contribution is -2.56. The number of amides is 1. The van der Waals surface area contributed by atoms with Crippen molar-refractivity contribution in [3.8, 4) is 0 Å². The van der Waals surface area contributed by atoms with Gasteiger partial charge in [0.25, 0.3) is 0 Å². The third-order valence-corrected chi connectivity index (χ3v) is 6.48. The summed E-state index contributed by atoms with van der Waals surface area (Å²) in [5.41, 5.74) is 5.74. The SMILES string of the molecule is CC(C)(C(=O)NC(C(N)=S)C1CCCCC1)S(C)(=O)=O. The second-order valence-electron chi connectivity index (χ2n) is 6.03. The van der Waals surface area contributed by atoms with Crippen LogP contribution in [0.3, 0.4) is 0 Å². The third kappa shape index (κ3) is 3.91. The van der Waals surface area contributed by atoms with Crippen molar-refractivity contribution in [3.63, 3.8) is 0 Å². The third-order valence-electron chi connectivity index (χ3n) is 4.19. The van der Waals surface area contributed by atoms with Crippen LogP contribution in [0.4, 0.5) is 0 Å². The second kappa shape index (κ2) is 6.39. The van der Waals surface area contributed by atoms with Crippen molar-refractivity contribution in [3.05, 3.63) is 0 Å². The van der Waals surface area contributed by atoms with Gasteiger partial charge in [-0.1, -0.05) is 31.5 Å². The van der Waals surface area contributed by atoms with Crippen LogP contribution in [0.15, 0.2) is 0 Å². The zero-order chi connectivity index (χ0) is 15.6. The van der Waals surface area contributed by atoms with Crippen LogP contribution in [0.2, 0.25) is 0 Å². The molecule has 0 heterocycles. The summed E-state index contributed by atoms with van der Waals surface area (Å²) in [6.45, 7) is 2.80. The number of carbonyl (C=O) groups is 1. The fourth-order valence-electron chi connectivity index (χ4n) is 2.37. The summed E-state index contributed by atoms with van der Waals surface area (Å²) >= 11 is 5.05. The maximum atomic E-state index is 12.3. The minimum Gasteiger partial charge on any atom is -0.392 e. The van der Waals surface area contributed by atoms with Gasteiger partial charge in [0, 0.05) is 6.26 Å². The first-order valence-corrected chi connectivity index (χ1v) is 9.17. The van der Waals surface area contributed by atoms with E-state index in [0.29, 0.717) is 0 Å². The number of hydrogen-bond acceptors (Lipinski definition) is 4. The fourth-order valence-corrected chi connectivity index (χ4v) is 3.02. The largest absolute Gasteiger partial charge is 0.392 e. The Bertz CT molecular complexity index is 480. The molecule has 1 amide bonds. The molecule has 1 unspecified atom stereocenters. The van der Waals surface area contributed by atoms with Crippen LogP contribution < -0.4 is 11.1 Å². The average Bonchev–Trinajstić information content (AvgIpc) is 2.34. The number of nitrogens with one attached hydrogen (secondary N) is 1. The van der Waals surface area contributed by atoms with Crippen molar-refractivity contribution in [1.29, 1.82) is 0 Å². The monoisotopic (exact) mass is 320 g/mol. The number of thiocarbonyl (C=S) groups is 1. The molecule has 116 valence electrons. The Labute approximate surface area is 126 Å². The molecule has 1 fully saturated rings. The van der Waals surface area contributed by atoms with Gasteiger partial charge in [-0.3, -0.25) is 4.79 Å². The van der Waals surface area contributed by atoms with E-state index in [1.54, 1.807) is 0 Å². The van der Waals surface area contributed by atoms with E-state index in [2.05, 4.69) is 5.32 Å². The summed E-state index contributed by atoms with van der Waals surface area (Å²) in [6.07, 6.45) is 6.35. The van der Waals surface area contributed by atoms with E-state index >= 15 is 0 Å². The topological polar surface area (TPSA) is 89.3 Å². The smallest absolute Gasteiger partial charge is 0.241 e. The van der Waals surface area contributed by atoms with E-state index in [1.165, 1.54) is 20.3 Å².